The molecule has 0 aliphatic heterocycles. The van der Waals surface area contributed by atoms with E-state index in [1.165, 1.54) is 31.2 Å². The van der Waals surface area contributed by atoms with Crippen LogP contribution in [0.15, 0.2) is 6.20 Å². The van der Waals surface area contributed by atoms with Crippen LogP contribution in [0.4, 0.5) is 0 Å². The molecule has 1 N–H and O–H groups in total. The molecule has 0 atom stereocenters. The third-order valence-corrected chi connectivity index (χ3v) is 4.51. The lowest BCUT2D eigenvalue weighted by Crippen LogP contribution is -2.33. The van der Waals surface area contributed by atoms with E-state index in [9.17, 15) is 0 Å². The van der Waals surface area contributed by atoms with Crippen LogP contribution in [-0.4, -0.2) is 18.1 Å². The van der Waals surface area contributed by atoms with Gasteiger partial charge in [0.05, 0.1) is 12.8 Å². The average Bonchev–Trinajstić information content (AvgIpc) is 3.27. The number of pyridine rings is 1. The maximum absolute atomic E-state index is 5.48. The molecule has 3 rings (SSSR count). The first-order valence-electron chi connectivity index (χ1n) is 7.43. The van der Waals surface area contributed by atoms with Crippen LogP contribution in [0.5, 0.6) is 5.75 Å². The van der Waals surface area contributed by atoms with Crippen molar-refractivity contribution >= 4 is 0 Å². The maximum atomic E-state index is 5.48. The molecule has 0 spiro atoms. The summed E-state index contributed by atoms with van der Waals surface area (Å²) in [6, 6.07) is 0.730. The Kier molecular flexibility index (Phi) is 3.48. The fraction of sp³-hybridized carbons (Fsp3) is 0.688. The van der Waals surface area contributed by atoms with Crippen LogP contribution >= 0.6 is 0 Å². The Labute approximate surface area is 115 Å². The third kappa shape index (κ3) is 2.76. The Morgan fingerprint density at radius 2 is 1.89 bits per heavy atom. The molecule has 3 nitrogen and oxygen atoms in total. The normalized spacial score (nSPS) is 18.9. The molecule has 0 amide bonds. The quantitative estimate of drug-likeness (QED) is 0.854. The molecule has 104 valence electrons. The van der Waals surface area contributed by atoms with Crippen LogP contribution < -0.4 is 10.1 Å². The second kappa shape index (κ2) is 5.12. The molecule has 2 fully saturated rings. The summed E-state index contributed by atoms with van der Waals surface area (Å²) in [7, 11) is 1.74. The molecule has 1 aromatic rings. The van der Waals surface area contributed by atoms with Gasteiger partial charge in [0.25, 0.3) is 0 Å². The van der Waals surface area contributed by atoms with Crippen LogP contribution in [0.2, 0.25) is 0 Å². The predicted octanol–water partition coefficient (Wildman–Crippen LogP) is 2.99. The zero-order chi connectivity index (χ0) is 13.4. The molecule has 1 aromatic heterocycles. The Bertz CT molecular complexity index is 452. The average molecular weight is 260 g/mol. The van der Waals surface area contributed by atoms with E-state index in [-0.39, 0.29) is 0 Å². The molecule has 2 aliphatic rings. The van der Waals surface area contributed by atoms with Crippen molar-refractivity contribution in [3.8, 4) is 5.75 Å². The van der Waals surface area contributed by atoms with Crippen molar-refractivity contribution in [2.45, 2.75) is 52.1 Å². The highest BCUT2D eigenvalue weighted by Crippen LogP contribution is 2.44. The number of hydrogen-bond acceptors (Lipinski definition) is 3. The van der Waals surface area contributed by atoms with Crippen molar-refractivity contribution < 1.29 is 4.74 Å². The van der Waals surface area contributed by atoms with Crippen molar-refractivity contribution in [3.63, 3.8) is 0 Å². The van der Waals surface area contributed by atoms with Gasteiger partial charge < -0.3 is 10.1 Å². The van der Waals surface area contributed by atoms with Crippen LogP contribution in [0.25, 0.3) is 0 Å². The summed E-state index contributed by atoms with van der Waals surface area (Å²) in [6.07, 6.45) is 7.58. The van der Waals surface area contributed by atoms with Gasteiger partial charge in [-0.2, -0.15) is 0 Å². The second-order valence-corrected chi connectivity index (χ2v) is 6.13. The predicted molar refractivity (Wildman–Crippen MR) is 76.3 cm³/mol. The van der Waals surface area contributed by atoms with Gasteiger partial charge >= 0.3 is 0 Å². The minimum atomic E-state index is 0.730. The van der Waals surface area contributed by atoms with Crippen molar-refractivity contribution in [2.75, 3.05) is 7.11 Å². The molecule has 0 radical (unpaired) electrons. The summed E-state index contributed by atoms with van der Waals surface area (Å²) in [5.41, 5.74) is 3.43. The molecule has 3 heteroatoms. The van der Waals surface area contributed by atoms with E-state index in [0.717, 1.165) is 41.4 Å². The summed E-state index contributed by atoms with van der Waals surface area (Å²) >= 11 is 0. The van der Waals surface area contributed by atoms with Gasteiger partial charge in [-0.3, -0.25) is 4.98 Å². The number of methoxy groups -OCH3 is 1. The first-order valence-corrected chi connectivity index (χ1v) is 7.43. The van der Waals surface area contributed by atoms with Crippen LogP contribution in [0, 0.1) is 25.7 Å². The highest BCUT2D eigenvalue weighted by Gasteiger charge is 2.41. The Hall–Kier alpha value is -1.09. The lowest BCUT2D eigenvalue weighted by Gasteiger charge is -2.19. The molecule has 0 saturated heterocycles. The molecule has 0 unspecified atom stereocenters. The highest BCUT2D eigenvalue weighted by atomic mass is 16.5. The largest absolute Gasteiger partial charge is 0.496 e. The maximum Gasteiger partial charge on any atom is 0.128 e. The van der Waals surface area contributed by atoms with Gasteiger partial charge in [-0.15, -0.1) is 0 Å². The summed E-state index contributed by atoms with van der Waals surface area (Å²) in [5.74, 6) is 2.85. The minimum Gasteiger partial charge on any atom is -0.496 e. The molecule has 1 heterocycles. The second-order valence-electron chi connectivity index (χ2n) is 6.13. The third-order valence-electron chi connectivity index (χ3n) is 4.51. The lowest BCUT2D eigenvalue weighted by atomic mass is 10.1. The number of aryl methyl sites for hydroxylation is 1. The minimum absolute atomic E-state index is 0.730. The van der Waals surface area contributed by atoms with E-state index in [1.807, 2.05) is 13.1 Å². The molecule has 0 aromatic carbocycles. The van der Waals surface area contributed by atoms with Gasteiger partial charge in [-0.25, -0.2) is 0 Å². The summed E-state index contributed by atoms with van der Waals surface area (Å²) < 4.78 is 5.48. The topological polar surface area (TPSA) is 34.1 Å². The fourth-order valence-corrected chi connectivity index (χ4v) is 3.09. The number of nitrogens with one attached hydrogen (secondary N) is 1. The summed E-state index contributed by atoms with van der Waals surface area (Å²) in [5, 5.41) is 3.75. The van der Waals surface area contributed by atoms with Gasteiger partial charge in [0.1, 0.15) is 5.75 Å². The zero-order valence-electron chi connectivity index (χ0n) is 12.2. The number of hydrogen-bond donors (Lipinski definition) is 1. The van der Waals surface area contributed by atoms with E-state index in [4.69, 9.17) is 4.74 Å². The Morgan fingerprint density at radius 1 is 1.26 bits per heavy atom. The first-order chi connectivity index (χ1) is 9.20. The number of ether oxygens (including phenoxy) is 1. The fourth-order valence-electron chi connectivity index (χ4n) is 3.09. The lowest BCUT2D eigenvalue weighted by molar-refractivity contribution is 0.399. The van der Waals surface area contributed by atoms with E-state index in [2.05, 4.69) is 17.2 Å². The van der Waals surface area contributed by atoms with Crippen molar-refractivity contribution in [1.29, 1.82) is 0 Å². The van der Waals surface area contributed by atoms with E-state index in [0.29, 0.717) is 0 Å². The zero-order valence-corrected chi connectivity index (χ0v) is 12.2. The van der Waals surface area contributed by atoms with E-state index >= 15 is 0 Å². The summed E-state index contributed by atoms with van der Waals surface area (Å²) in [6.45, 7) is 5.03. The molecule has 19 heavy (non-hydrogen) atoms. The highest BCUT2D eigenvalue weighted by molar-refractivity contribution is 5.41. The van der Waals surface area contributed by atoms with E-state index < -0.39 is 0 Å². The molecule has 2 saturated carbocycles. The Morgan fingerprint density at radius 3 is 2.42 bits per heavy atom. The van der Waals surface area contributed by atoms with Crippen molar-refractivity contribution in [3.05, 3.63) is 23.0 Å². The first kappa shape index (κ1) is 12.9. The molecular formula is C16H24N2O. The monoisotopic (exact) mass is 260 g/mol. The van der Waals surface area contributed by atoms with E-state index in [1.54, 1.807) is 7.11 Å². The van der Waals surface area contributed by atoms with Gasteiger partial charge in [0.15, 0.2) is 0 Å². The summed E-state index contributed by atoms with van der Waals surface area (Å²) in [4.78, 5) is 4.58. The van der Waals surface area contributed by atoms with Gasteiger partial charge in [0, 0.05) is 29.9 Å². The molecule has 0 bridgehead atoms. The number of nitrogens with zero attached hydrogens (tertiary/aromatic N) is 1. The van der Waals surface area contributed by atoms with Gasteiger partial charge in [-0.05, 0) is 51.4 Å². The SMILES string of the molecule is COc1c(C)cnc(CNC(C2CC2)C2CC2)c1C. The smallest absolute Gasteiger partial charge is 0.128 e. The van der Waals surface area contributed by atoms with Crippen LogP contribution in [-0.2, 0) is 6.54 Å². The Balaban J connectivity index is 1.69. The van der Waals surface area contributed by atoms with Crippen LogP contribution in [0.1, 0.15) is 42.5 Å². The van der Waals surface area contributed by atoms with Crippen molar-refractivity contribution in [1.82, 2.24) is 10.3 Å². The number of rotatable bonds is 6. The number of aromatic nitrogens is 1. The van der Waals surface area contributed by atoms with Gasteiger partial charge in [0.2, 0.25) is 0 Å². The standard InChI is InChI=1S/C16H24N2O/c1-10-8-17-14(11(2)16(10)19-3)9-18-15(12-4-5-12)13-6-7-13/h8,12-13,15,18H,4-7,9H2,1-3H3. The molecular weight excluding hydrogens is 236 g/mol. The van der Waals surface area contributed by atoms with Crippen LogP contribution in [0.3, 0.4) is 0 Å². The van der Waals surface area contributed by atoms with Gasteiger partial charge in [-0.1, -0.05) is 0 Å². The molecule has 2 aliphatic carbocycles. The van der Waals surface area contributed by atoms with Crippen molar-refractivity contribution in [2.24, 2.45) is 11.8 Å².